The van der Waals surface area contributed by atoms with Crippen LogP contribution in [0, 0.1) is 0 Å². The number of aliphatic hydroxyl groups excluding tert-OH is 1. The average molecular weight is 230 g/mol. The molecule has 0 aliphatic carbocycles. The van der Waals surface area contributed by atoms with Gasteiger partial charge in [0.25, 0.3) is 0 Å². The highest BCUT2D eigenvalue weighted by molar-refractivity contribution is 5.77. The lowest BCUT2D eigenvalue weighted by molar-refractivity contribution is 0.267. The van der Waals surface area contributed by atoms with Crippen LogP contribution in [-0.2, 0) is 19.6 Å². The van der Waals surface area contributed by atoms with Gasteiger partial charge in [-0.2, -0.15) is 0 Å². The van der Waals surface area contributed by atoms with E-state index in [1.54, 1.807) is 0 Å². The molecule has 0 saturated heterocycles. The predicted octanol–water partition coefficient (Wildman–Crippen LogP) is 2.67. The summed E-state index contributed by atoms with van der Waals surface area (Å²) in [5.41, 5.74) is 4.34. The smallest absolute Gasteiger partial charge is 0.136 e. The minimum absolute atomic E-state index is 0.0383. The van der Waals surface area contributed by atoms with Crippen LogP contribution in [0.25, 0.3) is 11.0 Å². The van der Waals surface area contributed by atoms with Gasteiger partial charge in [-0.05, 0) is 31.0 Å². The molecule has 0 radical (unpaired) electrons. The maximum atomic E-state index is 9.35. The Hall–Kier alpha value is -1.61. The van der Waals surface area contributed by atoms with Crippen molar-refractivity contribution in [3.63, 3.8) is 0 Å². The third kappa shape index (κ3) is 2.24. The SMILES string of the molecule is C=C(C)Cn1c(CO)nc2cc(CC)ccc21. The number of aryl methyl sites for hydroxylation is 1. The Morgan fingerprint density at radius 2 is 2.24 bits per heavy atom. The summed E-state index contributed by atoms with van der Waals surface area (Å²) in [5, 5.41) is 9.35. The fraction of sp³-hybridized carbons (Fsp3) is 0.357. The number of aromatic nitrogens is 2. The van der Waals surface area contributed by atoms with Gasteiger partial charge in [0.15, 0.2) is 0 Å². The van der Waals surface area contributed by atoms with Gasteiger partial charge < -0.3 is 9.67 Å². The van der Waals surface area contributed by atoms with Crippen LogP contribution in [-0.4, -0.2) is 14.7 Å². The van der Waals surface area contributed by atoms with Crippen LogP contribution in [0.15, 0.2) is 30.4 Å². The lowest BCUT2D eigenvalue weighted by Crippen LogP contribution is -2.04. The van der Waals surface area contributed by atoms with Gasteiger partial charge in [-0.15, -0.1) is 0 Å². The molecule has 0 unspecified atom stereocenters. The Kier molecular flexibility index (Phi) is 3.29. The number of aliphatic hydroxyl groups is 1. The molecule has 2 aromatic rings. The topological polar surface area (TPSA) is 38.0 Å². The van der Waals surface area contributed by atoms with E-state index in [0.717, 1.165) is 23.0 Å². The molecule has 3 nitrogen and oxygen atoms in total. The zero-order valence-electron chi connectivity index (χ0n) is 10.4. The number of hydrogen-bond donors (Lipinski definition) is 1. The van der Waals surface area contributed by atoms with Crippen molar-refractivity contribution in [3.8, 4) is 0 Å². The van der Waals surface area contributed by atoms with Crippen LogP contribution in [0.4, 0.5) is 0 Å². The Morgan fingerprint density at radius 3 is 2.82 bits per heavy atom. The molecule has 90 valence electrons. The predicted molar refractivity (Wildman–Crippen MR) is 69.8 cm³/mol. The number of allylic oxidation sites excluding steroid dienone is 1. The molecule has 0 spiro atoms. The second-order valence-corrected chi connectivity index (χ2v) is 4.41. The van der Waals surface area contributed by atoms with Crippen molar-refractivity contribution in [2.24, 2.45) is 0 Å². The second kappa shape index (κ2) is 4.72. The van der Waals surface area contributed by atoms with E-state index in [1.165, 1.54) is 5.56 Å². The van der Waals surface area contributed by atoms with Crippen LogP contribution in [0.1, 0.15) is 25.2 Å². The minimum atomic E-state index is -0.0383. The van der Waals surface area contributed by atoms with Crippen molar-refractivity contribution < 1.29 is 5.11 Å². The largest absolute Gasteiger partial charge is 0.388 e. The fourth-order valence-corrected chi connectivity index (χ4v) is 2.01. The highest BCUT2D eigenvalue weighted by Gasteiger charge is 2.09. The normalized spacial score (nSPS) is 11.0. The van der Waals surface area contributed by atoms with Gasteiger partial charge in [0.05, 0.1) is 11.0 Å². The van der Waals surface area contributed by atoms with Gasteiger partial charge in [0.1, 0.15) is 12.4 Å². The van der Waals surface area contributed by atoms with Crippen LogP contribution >= 0.6 is 0 Å². The molecule has 3 heteroatoms. The van der Waals surface area contributed by atoms with E-state index < -0.39 is 0 Å². The Balaban J connectivity index is 2.59. The molecular weight excluding hydrogens is 212 g/mol. The molecule has 0 fully saturated rings. The third-order valence-electron chi connectivity index (χ3n) is 2.87. The molecule has 0 aliphatic heterocycles. The van der Waals surface area contributed by atoms with Gasteiger partial charge in [-0.25, -0.2) is 4.98 Å². The second-order valence-electron chi connectivity index (χ2n) is 4.41. The molecule has 1 N–H and O–H groups in total. The van der Waals surface area contributed by atoms with E-state index in [2.05, 4.69) is 36.7 Å². The Morgan fingerprint density at radius 1 is 1.47 bits per heavy atom. The van der Waals surface area contributed by atoms with Crippen molar-refractivity contribution in [1.82, 2.24) is 9.55 Å². The van der Waals surface area contributed by atoms with E-state index in [1.807, 2.05) is 11.5 Å². The van der Waals surface area contributed by atoms with Gasteiger partial charge >= 0.3 is 0 Å². The van der Waals surface area contributed by atoms with Gasteiger partial charge in [-0.3, -0.25) is 0 Å². The van der Waals surface area contributed by atoms with Crippen LogP contribution in [0.2, 0.25) is 0 Å². The lowest BCUT2D eigenvalue weighted by Gasteiger charge is -2.07. The van der Waals surface area contributed by atoms with E-state index in [0.29, 0.717) is 12.4 Å². The first-order chi connectivity index (χ1) is 8.15. The fourth-order valence-electron chi connectivity index (χ4n) is 2.01. The van der Waals surface area contributed by atoms with Crippen LogP contribution in [0.5, 0.6) is 0 Å². The molecule has 0 bridgehead atoms. The van der Waals surface area contributed by atoms with Gasteiger partial charge in [0, 0.05) is 6.54 Å². The van der Waals surface area contributed by atoms with E-state index >= 15 is 0 Å². The highest BCUT2D eigenvalue weighted by Crippen LogP contribution is 2.19. The lowest BCUT2D eigenvalue weighted by atomic mass is 10.1. The number of benzene rings is 1. The van der Waals surface area contributed by atoms with Crippen molar-refractivity contribution in [3.05, 3.63) is 41.7 Å². The minimum Gasteiger partial charge on any atom is -0.388 e. The van der Waals surface area contributed by atoms with Gasteiger partial charge in [-0.1, -0.05) is 25.1 Å². The van der Waals surface area contributed by atoms with E-state index in [-0.39, 0.29) is 6.61 Å². The standard InChI is InChI=1S/C14H18N2O/c1-4-11-5-6-13-12(7-11)15-14(9-17)16(13)8-10(2)3/h5-7,17H,2,4,8-9H2,1,3H3. The average Bonchev–Trinajstić information content (AvgIpc) is 2.65. The third-order valence-corrected chi connectivity index (χ3v) is 2.87. The van der Waals surface area contributed by atoms with Crippen LogP contribution in [0.3, 0.4) is 0 Å². The summed E-state index contributed by atoms with van der Waals surface area (Å²) in [6.07, 6.45) is 0.998. The first kappa shape index (κ1) is 11.9. The number of rotatable bonds is 4. The molecule has 0 saturated carbocycles. The zero-order chi connectivity index (χ0) is 12.4. The number of imidazole rings is 1. The Bertz CT molecular complexity index is 555. The number of hydrogen-bond acceptors (Lipinski definition) is 2. The maximum Gasteiger partial charge on any atom is 0.136 e. The van der Waals surface area contributed by atoms with Crippen LogP contribution < -0.4 is 0 Å². The quantitative estimate of drug-likeness (QED) is 0.820. The molecule has 1 aromatic heterocycles. The molecule has 1 heterocycles. The Labute approximate surface area is 101 Å². The summed E-state index contributed by atoms with van der Waals surface area (Å²) in [6.45, 7) is 8.69. The molecule has 0 amide bonds. The number of fused-ring (bicyclic) bond motifs is 1. The summed E-state index contributed by atoms with van der Waals surface area (Å²) in [4.78, 5) is 4.46. The molecule has 0 atom stereocenters. The van der Waals surface area contributed by atoms with Crippen molar-refractivity contribution >= 4 is 11.0 Å². The van der Waals surface area contributed by atoms with E-state index in [9.17, 15) is 5.11 Å². The molecular formula is C14H18N2O. The van der Waals surface area contributed by atoms with Crippen molar-refractivity contribution in [2.45, 2.75) is 33.4 Å². The first-order valence-corrected chi connectivity index (χ1v) is 5.89. The summed E-state index contributed by atoms with van der Waals surface area (Å²) in [7, 11) is 0. The number of nitrogens with zero attached hydrogens (tertiary/aromatic N) is 2. The molecule has 0 aliphatic rings. The first-order valence-electron chi connectivity index (χ1n) is 5.89. The summed E-state index contributed by atoms with van der Waals surface area (Å²) < 4.78 is 2.02. The van der Waals surface area contributed by atoms with Gasteiger partial charge in [0.2, 0.25) is 0 Å². The van der Waals surface area contributed by atoms with E-state index in [4.69, 9.17) is 0 Å². The highest BCUT2D eigenvalue weighted by atomic mass is 16.3. The maximum absolute atomic E-state index is 9.35. The summed E-state index contributed by atoms with van der Waals surface area (Å²) in [5.74, 6) is 0.705. The monoisotopic (exact) mass is 230 g/mol. The summed E-state index contributed by atoms with van der Waals surface area (Å²) >= 11 is 0. The molecule has 17 heavy (non-hydrogen) atoms. The summed E-state index contributed by atoms with van der Waals surface area (Å²) in [6, 6.07) is 6.27. The van der Waals surface area contributed by atoms with Crippen molar-refractivity contribution in [1.29, 1.82) is 0 Å². The van der Waals surface area contributed by atoms with Crippen molar-refractivity contribution in [2.75, 3.05) is 0 Å². The zero-order valence-corrected chi connectivity index (χ0v) is 10.4. The molecule has 1 aromatic carbocycles. The molecule has 2 rings (SSSR count).